The van der Waals surface area contributed by atoms with Gasteiger partial charge in [0.2, 0.25) is 0 Å². The molecule has 0 radical (unpaired) electrons. The zero-order valence-corrected chi connectivity index (χ0v) is 11.7. The Balaban J connectivity index is 2.36. The summed E-state index contributed by atoms with van der Waals surface area (Å²) in [5.74, 6) is -0.0964. The Bertz CT molecular complexity index is 356. The van der Waals surface area contributed by atoms with Crippen LogP contribution in [0.25, 0.3) is 0 Å². The minimum absolute atomic E-state index is 0.0964. The molecule has 4 heteroatoms. The van der Waals surface area contributed by atoms with Crippen molar-refractivity contribution in [1.82, 2.24) is 0 Å². The van der Waals surface area contributed by atoms with Gasteiger partial charge in [0, 0.05) is 15.6 Å². The fourth-order valence-corrected chi connectivity index (χ4v) is 2.27. The van der Waals surface area contributed by atoms with E-state index in [1.54, 1.807) is 6.07 Å². The van der Waals surface area contributed by atoms with Crippen molar-refractivity contribution in [3.63, 3.8) is 0 Å². The molecule has 0 unspecified atom stereocenters. The molecule has 0 fully saturated rings. The highest BCUT2D eigenvalue weighted by molar-refractivity contribution is 6.35. The van der Waals surface area contributed by atoms with Crippen LogP contribution in [0.4, 0.5) is 0 Å². The zero-order valence-electron chi connectivity index (χ0n) is 10.1. The van der Waals surface area contributed by atoms with Crippen LogP contribution in [-0.2, 0) is 6.54 Å². The molecule has 0 aliphatic carbocycles. The maximum absolute atomic E-state index is 11.7. The highest BCUT2D eigenvalue weighted by Gasteiger charge is 2.03. The molecule has 0 aromatic heterocycles. The summed E-state index contributed by atoms with van der Waals surface area (Å²) in [5.41, 5.74) is 0.693. The molecule has 2 nitrogen and oxygen atoms in total. The fourth-order valence-electron chi connectivity index (χ4n) is 1.74. The smallest absolute Gasteiger partial charge is 0.101 e. The van der Waals surface area contributed by atoms with E-state index in [1.807, 2.05) is 0 Å². The number of rotatable bonds is 7. The van der Waals surface area contributed by atoms with Crippen molar-refractivity contribution < 1.29 is 10.4 Å². The van der Waals surface area contributed by atoms with Gasteiger partial charge in [0.1, 0.15) is 6.54 Å². The van der Waals surface area contributed by atoms with Crippen LogP contribution in [0.2, 0.25) is 10.0 Å². The summed E-state index contributed by atoms with van der Waals surface area (Å²) in [5, 5.41) is 14.6. The Morgan fingerprint density at radius 3 is 2.65 bits per heavy atom. The molecule has 96 valence electrons. The van der Waals surface area contributed by atoms with E-state index in [0.717, 1.165) is 6.54 Å². The van der Waals surface area contributed by atoms with E-state index >= 15 is 0 Å². The SMILES string of the molecule is CCCCCC[NH2+]Cc1cc(Cl)cc(Cl)c1[O-]. The molecule has 0 atom stereocenters. The predicted octanol–water partition coefficient (Wildman–Crippen LogP) is 2.71. The summed E-state index contributed by atoms with van der Waals surface area (Å²) in [7, 11) is 0. The number of benzene rings is 1. The second-order valence-corrected chi connectivity index (χ2v) is 5.06. The highest BCUT2D eigenvalue weighted by Crippen LogP contribution is 2.28. The van der Waals surface area contributed by atoms with Gasteiger partial charge in [-0.3, -0.25) is 0 Å². The first kappa shape index (κ1) is 14.6. The van der Waals surface area contributed by atoms with Gasteiger partial charge in [-0.05, 0) is 25.0 Å². The molecular formula is C13H19Cl2NO. The molecule has 0 heterocycles. The van der Waals surface area contributed by atoms with E-state index in [2.05, 4.69) is 12.2 Å². The molecule has 0 bridgehead atoms. The summed E-state index contributed by atoms with van der Waals surface area (Å²) in [6, 6.07) is 3.20. The minimum Gasteiger partial charge on any atom is -0.871 e. The van der Waals surface area contributed by atoms with Gasteiger partial charge in [0.05, 0.1) is 6.54 Å². The van der Waals surface area contributed by atoms with Gasteiger partial charge in [0.25, 0.3) is 0 Å². The second kappa shape index (κ2) is 7.80. The topological polar surface area (TPSA) is 39.7 Å². The van der Waals surface area contributed by atoms with Crippen LogP contribution in [0.3, 0.4) is 0 Å². The monoisotopic (exact) mass is 275 g/mol. The lowest BCUT2D eigenvalue weighted by atomic mass is 10.2. The number of nitrogens with two attached hydrogens (primary N) is 1. The molecule has 1 aromatic rings. The van der Waals surface area contributed by atoms with E-state index in [-0.39, 0.29) is 10.8 Å². The van der Waals surface area contributed by atoms with Crippen LogP contribution >= 0.6 is 23.2 Å². The average molecular weight is 276 g/mol. The number of hydrogen-bond acceptors (Lipinski definition) is 1. The minimum atomic E-state index is -0.0964. The van der Waals surface area contributed by atoms with Crippen LogP contribution in [0.1, 0.15) is 38.2 Å². The third-order valence-corrected chi connectivity index (χ3v) is 3.21. The molecule has 0 aliphatic rings. The quantitative estimate of drug-likeness (QED) is 0.764. The van der Waals surface area contributed by atoms with Crippen LogP contribution in [0, 0.1) is 0 Å². The van der Waals surface area contributed by atoms with Gasteiger partial charge >= 0.3 is 0 Å². The van der Waals surface area contributed by atoms with E-state index in [4.69, 9.17) is 23.2 Å². The van der Waals surface area contributed by atoms with Crippen LogP contribution < -0.4 is 10.4 Å². The first-order valence-electron chi connectivity index (χ1n) is 6.11. The first-order chi connectivity index (χ1) is 8.15. The molecule has 0 saturated heterocycles. The van der Waals surface area contributed by atoms with Crippen molar-refractivity contribution in [3.05, 3.63) is 27.7 Å². The molecule has 0 aliphatic heterocycles. The van der Waals surface area contributed by atoms with Gasteiger partial charge < -0.3 is 10.4 Å². The van der Waals surface area contributed by atoms with Crippen molar-refractivity contribution in [2.45, 2.75) is 39.2 Å². The number of halogens is 2. The highest BCUT2D eigenvalue weighted by atomic mass is 35.5. The van der Waals surface area contributed by atoms with E-state index < -0.39 is 0 Å². The molecule has 2 N–H and O–H groups in total. The maximum atomic E-state index is 11.7. The Morgan fingerprint density at radius 2 is 1.94 bits per heavy atom. The van der Waals surface area contributed by atoms with E-state index in [9.17, 15) is 5.11 Å². The Morgan fingerprint density at radius 1 is 1.18 bits per heavy atom. The Labute approximate surface area is 113 Å². The van der Waals surface area contributed by atoms with Gasteiger partial charge in [0.15, 0.2) is 0 Å². The van der Waals surface area contributed by atoms with Crippen molar-refractivity contribution in [2.24, 2.45) is 0 Å². The third kappa shape index (κ3) is 5.15. The first-order valence-corrected chi connectivity index (χ1v) is 6.87. The molecule has 0 saturated carbocycles. The summed E-state index contributed by atoms with van der Waals surface area (Å²) in [6.07, 6.45) is 4.97. The van der Waals surface area contributed by atoms with Gasteiger partial charge in [-0.1, -0.05) is 48.7 Å². The van der Waals surface area contributed by atoms with Crippen LogP contribution in [-0.4, -0.2) is 6.54 Å². The average Bonchev–Trinajstić information content (AvgIpc) is 2.29. The largest absolute Gasteiger partial charge is 0.871 e. The van der Waals surface area contributed by atoms with E-state index in [0.29, 0.717) is 17.1 Å². The molecule has 1 aromatic carbocycles. The lowest BCUT2D eigenvalue weighted by Crippen LogP contribution is -2.82. The number of quaternary nitrogens is 1. The Hall–Kier alpha value is -0.440. The lowest BCUT2D eigenvalue weighted by Gasteiger charge is -2.14. The molecule has 17 heavy (non-hydrogen) atoms. The standard InChI is InChI=1S/C13H19Cl2NO/c1-2-3-4-5-6-16-9-10-7-11(14)8-12(15)13(10)17/h7-8,16-17H,2-6,9H2,1H3. The summed E-state index contributed by atoms with van der Waals surface area (Å²) in [4.78, 5) is 0. The van der Waals surface area contributed by atoms with Crippen molar-refractivity contribution in [2.75, 3.05) is 6.54 Å². The van der Waals surface area contributed by atoms with Gasteiger partial charge in [-0.2, -0.15) is 0 Å². The van der Waals surface area contributed by atoms with E-state index in [1.165, 1.54) is 31.7 Å². The molecule has 1 rings (SSSR count). The summed E-state index contributed by atoms with van der Waals surface area (Å²) in [6.45, 7) is 3.90. The Kier molecular flexibility index (Phi) is 6.71. The zero-order chi connectivity index (χ0) is 12.7. The van der Waals surface area contributed by atoms with Gasteiger partial charge in [-0.15, -0.1) is 0 Å². The fraction of sp³-hybridized carbons (Fsp3) is 0.538. The van der Waals surface area contributed by atoms with Crippen LogP contribution in [0.5, 0.6) is 5.75 Å². The van der Waals surface area contributed by atoms with Crippen molar-refractivity contribution in [1.29, 1.82) is 0 Å². The second-order valence-electron chi connectivity index (χ2n) is 4.22. The number of hydrogen-bond donors (Lipinski definition) is 1. The molecule has 0 amide bonds. The van der Waals surface area contributed by atoms with Crippen molar-refractivity contribution in [3.8, 4) is 5.75 Å². The van der Waals surface area contributed by atoms with Crippen molar-refractivity contribution >= 4 is 23.2 Å². The predicted molar refractivity (Wildman–Crippen MR) is 70.5 cm³/mol. The lowest BCUT2D eigenvalue weighted by molar-refractivity contribution is -0.671. The van der Waals surface area contributed by atoms with Crippen LogP contribution in [0.15, 0.2) is 12.1 Å². The van der Waals surface area contributed by atoms with Gasteiger partial charge in [-0.25, -0.2) is 0 Å². The molecule has 0 spiro atoms. The number of unbranched alkanes of at least 4 members (excludes halogenated alkanes) is 3. The third-order valence-electron chi connectivity index (χ3n) is 2.71. The summed E-state index contributed by atoms with van der Waals surface area (Å²) < 4.78 is 0. The molecular weight excluding hydrogens is 257 g/mol. The summed E-state index contributed by atoms with van der Waals surface area (Å²) >= 11 is 11.7. The normalized spacial score (nSPS) is 10.8. The maximum Gasteiger partial charge on any atom is 0.101 e.